The summed E-state index contributed by atoms with van der Waals surface area (Å²) in [6.45, 7) is 0. The summed E-state index contributed by atoms with van der Waals surface area (Å²) in [5.74, 6) is 0. The van der Waals surface area contributed by atoms with Gasteiger partial charge in [0.1, 0.15) is 0 Å². The molecule has 1 aliphatic heterocycles. The third-order valence-electron chi connectivity index (χ3n) is 5.33. The molecule has 0 saturated carbocycles. The predicted molar refractivity (Wildman–Crippen MR) is 119 cm³/mol. The van der Waals surface area contributed by atoms with Crippen molar-refractivity contribution in [2.45, 2.75) is 6.18 Å². The maximum Gasteiger partial charge on any atom is 0.416 e. The minimum Gasteiger partial charge on any atom is -1.00 e. The Morgan fingerprint density at radius 2 is 1.56 bits per heavy atom. The van der Waals surface area contributed by atoms with Gasteiger partial charge in [-0.05, 0) is 42.0 Å². The zero-order valence-corrected chi connectivity index (χ0v) is 18.5. The molecular formula is C24H14Cl3F3N2. The lowest BCUT2D eigenvalue weighted by molar-refractivity contribution is -0.342. The molecule has 0 amide bonds. The minimum absolute atomic E-state index is 0. The number of allylic oxidation sites excluding steroid dienone is 1. The highest BCUT2D eigenvalue weighted by Gasteiger charge is 2.31. The van der Waals surface area contributed by atoms with Crippen LogP contribution >= 0.6 is 23.2 Å². The van der Waals surface area contributed by atoms with E-state index in [-0.39, 0.29) is 12.4 Å². The molecule has 2 heterocycles. The maximum absolute atomic E-state index is 13.1. The lowest BCUT2D eigenvalue weighted by Crippen LogP contribution is -3.00. The van der Waals surface area contributed by atoms with Crippen LogP contribution in [0, 0.1) is 0 Å². The zero-order valence-electron chi connectivity index (χ0n) is 16.2. The quantitative estimate of drug-likeness (QED) is 0.430. The highest BCUT2D eigenvalue weighted by molar-refractivity contribution is 6.32. The molecule has 1 aliphatic rings. The summed E-state index contributed by atoms with van der Waals surface area (Å²) in [6, 6.07) is 16.2. The molecule has 4 aromatic rings. The summed E-state index contributed by atoms with van der Waals surface area (Å²) in [7, 11) is 0. The number of rotatable bonds is 2. The third kappa shape index (κ3) is 3.92. The van der Waals surface area contributed by atoms with Crippen LogP contribution in [-0.4, -0.2) is 11.2 Å². The van der Waals surface area contributed by atoms with Crippen molar-refractivity contribution in [1.29, 1.82) is 0 Å². The molecule has 0 aliphatic carbocycles. The SMILES string of the molecule is FC(F)(F)c1ccc(C(=C2C=[NH+]c3cc(Cl)ccc32)c2c[nH]c3cc(Cl)ccc23)cc1.[Cl-]. The highest BCUT2D eigenvalue weighted by Crippen LogP contribution is 2.39. The van der Waals surface area contributed by atoms with Gasteiger partial charge in [-0.1, -0.05) is 41.4 Å². The van der Waals surface area contributed by atoms with Crippen molar-refractivity contribution in [3.8, 4) is 0 Å². The summed E-state index contributed by atoms with van der Waals surface area (Å²) < 4.78 is 39.4. The van der Waals surface area contributed by atoms with E-state index in [1.807, 2.05) is 36.7 Å². The molecule has 162 valence electrons. The number of benzene rings is 3. The number of nitrogens with one attached hydrogen (secondary N) is 2. The number of hydrogen-bond acceptors (Lipinski definition) is 0. The molecule has 0 unspecified atom stereocenters. The molecule has 3 aromatic carbocycles. The van der Waals surface area contributed by atoms with Crippen molar-refractivity contribution in [1.82, 2.24) is 4.98 Å². The van der Waals surface area contributed by atoms with E-state index in [4.69, 9.17) is 23.2 Å². The van der Waals surface area contributed by atoms with Gasteiger partial charge >= 0.3 is 6.18 Å². The Kier molecular flexibility index (Phi) is 5.84. The van der Waals surface area contributed by atoms with Crippen LogP contribution in [0.25, 0.3) is 22.0 Å². The average molecular weight is 494 g/mol. The molecule has 0 saturated heterocycles. The van der Waals surface area contributed by atoms with E-state index < -0.39 is 11.7 Å². The molecule has 2 N–H and O–H groups in total. The number of fused-ring (bicyclic) bond motifs is 2. The summed E-state index contributed by atoms with van der Waals surface area (Å²) in [4.78, 5) is 6.43. The van der Waals surface area contributed by atoms with Crippen LogP contribution in [0.2, 0.25) is 10.0 Å². The van der Waals surface area contributed by atoms with E-state index in [1.165, 1.54) is 12.1 Å². The summed E-state index contributed by atoms with van der Waals surface area (Å²) >= 11 is 12.3. The first-order valence-electron chi connectivity index (χ1n) is 9.40. The largest absolute Gasteiger partial charge is 1.00 e. The Labute approximate surface area is 197 Å². The lowest BCUT2D eigenvalue weighted by Gasteiger charge is -2.12. The van der Waals surface area contributed by atoms with Gasteiger partial charge in [0.15, 0.2) is 6.21 Å². The lowest BCUT2D eigenvalue weighted by atomic mass is 9.89. The Hall–Kier alpha value is -2.73. The first-order valence-corrected chi connectivity index (χ1v) is 10.2. The predicted octanol–water partition coefficient (Wildman–Crippen LogP) is 3.25. The second kappa shape index (κ2) is 8.32. The van der Waals surface area contributed by atoms with E-state index in [9.17, 15) is 13.2 Å². The fourth-order valence-electron chi connectivity index (χ4n) is 3.89. The molecule has 0 spiro atoms. The topological polar surface area (TPSA) is 29.8 Å². The molecule has 8 heteroatoms. The average Bonchev–Trinajstić information content (AvgIpc) is 3.32. The monoisotopic (exact) mass is 492 g/mol. The fraction of sp³-hybridized carbons (Fsp3) is 0.0417. The van der Waals surface area contributed by atoms with E-state index in [1.54, 1.807) is 12.1 Å². The normalized spacial score (nSPS) is 14.4. The molecule has 0 atom stereocenters. The highest BCUT2D eigenvalue weighted by atomic mass is 35.5. The smallest absolute Gasteiger partial charge is 0.416 e. The fourth-order valence-corrected chi connectivity index (χ4v) is 4.24. The maximum atomic E-state index is 13.1. The molecular weight excluding hydrogens is 480 g/mol. The number of H-pyrrole nitrogens is 1. The van der Waals surface area contributed by atoms with Gasteiger partial charge in [-0.2, -0.15) is 13.2 Å². The number of alkyl halides is 3. The van der Waals surface area contributed by atoms with E-state index in [0.717, 1.165) is 51.0 Å². The first kappa shape index (κ1) is 22.5. The van der Waals surface area contributed by atoms with Crippen molar-refractivity contribution >= 4 is 57.2 Å². The van der Waals surface area contributed by atoms with Crippen LogP contribution in [0.3, 0.4) is 0 Å². The summed E-state index contributed by atoms with van der Waals surface area (Å²) in [6.07, 6.45) is -0.695. The summed E-state index contributed by atoms with van der Waals surface area (Å²) in [5.41, 5.74) is 5.11. The van der Waals surface area contributed by atoms with E-state index in [0.29, 0.717) is 15.6 Å². The van der Waals surface area contributed by atoms with Gasteiger partial charge in [0.2, 0.25) is 5.69 Å². The van der Waals surface area contributed by atoms with Crippen LogP contribution in [0.5, 0.6) is 0 Å². The summed E-state index contributed by atoms with van der Waals surface area (Å²) in [5, 5.41) is 2.11. The third-order valence-corrected chi connectivity index (χ3v) is 5.80. The Morgan fingerprint density at radius 1 is 0.875 bits per heavy atom. The van der Waals surface area contributed by atoms with Crippen molar-refractivity contribution in [3.05, 3.63) is 99.2 Å². The number of aromatic nitrogens is 1. The van der Waals surface area contributed by atoms with Gasteiger partial charge in [-0.3, -0.25) is 0 Å². The molecule has 1 aromatic heterocycles. The molecule has 5 rings (SSSR count). The van der Waals surface area contributed by atoms with Crippen molar-refractivity contribution in [2.75, 3.05) is 0 Å². The van der Waals surface area contributed by atoms with Gasteiger partial charge in [0.25, 0.3) is 0 Å². The second-order valence-electron chi connectivity index (χ2n) is 7.23. The first-order chi connectivity index (χ1) is 14.8. The minimum atomic E-state index is -4.40. The van der Waals surface area contributed by atoms with E-state index >= 15 is 0 Å². The standard InChI is InChI=1S/C24H13Cl2F3N2.ClH/c25-15-5-7-17-19(11-30-21(17)9-15)23(13-1-3-14(4-2-13)24(27,28)29)20-12-31-22-10-16(26)6-8-18(20)22;/h1-12,30H;1H. The Bertz CT molecular complexity index is 1380. The van der Waals surface area contributed by atoms with Crippen LogP contribution in [0.4, 0.5) is 18.9 Å². The van der Waals surface area contributed by atoms with Crippen LogP contribution < -0.4 is 17.4 Å². The zero-order chi connectivity index (χ0) is 21.8. The van der Waals surface area contributed by atoms with Gasteiger partial charge < -0.3 is 17.4 Å². The van der Waals surface area contributed by atoms with Crippen molar-refractivity contribution < 1.29 is 30.6 Å². The molecule has 0 bridgehead atoms. The van der Waals surface area contributed by atoms with Crippen LogP contribution in [0.15, 0.2) is 66.9 Å². The number of hydrogen-bond donors (Lipinski definition) is 2. The van der Waals surface area contributed by atoms with Gasteiger partial charge in [-0.15, -0.1) is 0 Å². The van der Waals surface area contributed by atoms with Crippen molar-refractivity contribution in [2.24, 2.45) is 0 Å². The molecule has 0 radical (unpaired) electrons. The van der Waals surface area contributed by atoms with E-state index in [2.05, 4.69) is 9.98 Å². The van der Waals surface area contributed by atoms with Crippen LogP contribution in [-0.2, 0) is 6.18 Å². The Balaban J connectivity index is 0.00000245. The molecule has 0 fully saturated rings. The van der Waals surface area contributed by atoms with Gasteiger partial charge in [0.05, 0.1) is 16.7 Å². The van der Waals surface area contributed by atoms with Crippen LogP contribution in [0.1, 0.15) is 22.3 Å². The van der Waals surface area contributed by atoms with Gasteiger partial charge in [-0.25, -0.2) is 4.99 Å². The molecule has 32 heavy (non-hydrogen) atoms. The van der Waals surface area contributed by atoms with Gasteiger partial charge in [0, 0.05) is 44.3 Å². The van der Waals surface area contributed by atoms with Crippen molar-refractivity contribution in [3.63, 3.8) is 0 Å². The second-order valence-corrected chi connectivity index (χ2v) is 8.11. The molecule has 2 nitrogen and oxygen atoms in total. The number of halogens is 6. The number of aromatic amines is 1. The Morgan fingerprint density at radius 3 is 2.28 bits per heavy atom.